The van der Waals surface area contributed by atoms with Gasteiger partial charge in [0.05, 0.1) is 22.2 Å². The Morgan fingerprint density at radius 1 is 0.340 bits per heavy atom. The van der Waals surface area contributed by atoms with Crippen LogP contribution in [0, 0.1) is 0 Å². The van der Waals surface area contributed by atoms with Crippen molar-refractivity contribution < 1.29 is 0 Å². The van der Waals surface area contributed by atoms with Crippen molar-refractivity contribution in [3.63, 3.8) is 0 Å². The van der Waals surface area contributed by atoms with Crippen molar-refractivity contribution in [2.45, 2.75) is 0 Å². The summed E-state index contributed by atoms with van der Waals surface area (Å²) >= 11 is 0. The molecule has 0 fully saturated rings. The van der Waals surface area contributed by atoms with Crippen LogP contribution in [0.4, 0.5) is 0 Å². The number of nitrogens with zero attached hydrogens (tertiary/aromatic N) is 3. The Bertz CT molecular complexity index is 2550. The van der Waals surface area contributed by atoms with Crippen LogP contribution < -0.4 is 0 Å². The second kappa shape index (κ2) is 11.2. The molecule has 0 atom stereocenters. The molecule has 0 bridgehead atoms. The molecular weight excluding hydrogens is 571 g/mol. The Morgan fingerprint density at radius 2 is 0.915 bits per heavy atom. The van der Waals surface area contributed by atoms with Gasteiger partial charge >= 0.3 is 0 Å². The van der Waals surface area contributed by atoms with Gasteiger partial charge in [-0.2, -0.15) is 0 Å². The summed E-state index contributed by atoms with van der Waals surface area (Å²) in [5, 5.41) is 3.44. The van der Waals surface area contributed by atoms with Crippen LogP contribution in [0.15, 0.2) is 176 Å². The summed E-state index contributed by atoms with van der Waals surface area (Å²) in [4.78, 5) is 10.5. The lowest BCUT2D eigenvalue weighted by molar-refractivity contribution is 1.18. The first kappa shape index (κ1) is 27.0. The van der Waals surface area contributed by atoms with Gasteiger partial charge in [0.25, 0.3) is 0 Å². The van der Waals surface area contributed by atoms with Gasteiger partial charge < -0.3 is 4.57 Å². The predicted octanol–water partition coefficient (Wildman–Crippen LogP) is 11.4. The van der Waals surface area contributed by atoms with Crippen LogP contribution in [-0.4, -0.2) is 14.5 Å². The Morgan fingerprint density at radius 3 is 1.68 bits per heavy atom. The molecule has 47 heavy (non-hydrogen) atoms. The fraction of sp³-hybridized carbons (Fsp3) is 0. The van der Waals surface area contributed by atoms with E-state index in [2.05, 4.69) is 174 Å². The third-order valence-corrected chi connectivity index (χ3v) is 8.99. The summed E-state index contributed by atoms with van der Waals surface area (Å²) in [6.07, 6.45) is 0. The summed E-state index contributed by atoms with van der Waals surface area (Å²) in [5.74, 6) is 0.713. The molecule has 3 heteroatoms. The molecule has 220 valence electrons. The largest absolute Gasteiger partial charge is 0.309 e. The van der Waals surface area contributed by atoms with Gasteiger partial charge in [0.15, 0.2) is 5.82 Å². The van der Waals surface area contributed by atoms with Crippen molar-refractivity contribution in [3.8, 4) is 50.6 Å². The molecule has 0 N–H and O–H groups in total. The van der Waals surface area contributed by atoms with Crippen LogP contribution in [0.2, 0.25) is 0 Å². The number of aromatic nitrogens is 3. The summed E-state index contributed by atoms with van der Waals surface area (Å²) in [6.45, 7) is 0. The van der Waals surface area contributed by atoms with Crippen LogP contribution in [0.25, 0.3) is 83.3 Å². The monoisotopic (exact) mass is 599 g/mol. The highest BCUT2D eigenvalue weighted by atomic mass is 15.0. The van der Waals surface area contributed by atoms with E-state index in [4.69, 9.17) is 9.97 Å². The molecule has 0 aliphatic rings. The van der Waals surface area contributed by atoms with Gasteiger partial charge in [-0.25, -0.2) is 9.97 Å². The first-order valence-electron chi connectivity index (χ1n) is 15.9. The van der Waals surface area contributed by atoms with Gasteiger partial charge in [-0.05, 0) is 70.8 Å². The van der Waals surface area contributed by atoms with E-state index in [1.54, 1.807) is 0 Å². The van der Waals surface area contributed by atoms with Gasteiger partial charge in [0.2, 0.25) is 0 Å². The molecule has 0 amide bonds. The quantitative estimate of drug-likeness (QED) is 0.197. The molecule has 9 rings (SSSR count). The average Bonchev–Trinajstić information content (AvgIpc) is 3.49. The standard InChI is InChI=1S/C44H29N3/c1-4-13-30(14-5-1)32-17-12-18-35(27-32)44-45-40-25-23-33(31-15-6-2-7-16-31)28-39(40)43(46-44)34-24-26-42-38(29-34)37-21-10-11-22-41(37)47(42)36-19-8-3-9-20-36/h1-29H. The van der Waals surface area contributed by atoms with E-state index in [0.29, 0.717) is 5.82 Å². The predicted molar refractivity (Wildman–Crippen MR) is 196 cm³/mol. The average molecular weight is 600 g/mol. The van der Waals surface area contributed by atoms with Crippen molar-refractivity contribution in [1.82, 2.24) is 14.5 Å². The van der Waals surface area contributed by atoms with E-state index in [1.807, 2.05) is 6.07 Å². The Hall–Kier alpha value is -6.32. The molecule has 0 radical (unpaired) electrons. The third-order valence-electron chi connectivity index (χ3n) is 8.99. The Kier molecular flexibility index (Phi) is 6.46. The van der Waals surface area contributed by atoms with Crippen molar-refractivity contribution in [2.24, 2.45) is 0 Å². The van der Waals surface area contributed by atoms with E-state index < -0.39 is 0 Å². The molecule has 2 heterocycles. The number of fused-ring (bicyclic) bond motifs is 4. The van der Waals surface area contributed by atoms with E-state index in [1.165, 1.54) is 32.9 Å². The van der Waals surface area contributed by atoms with Gasteiger partial charge in [0, 0.05) is 33.0 Å². The van der Waals surface area contributed by atoms with Crippen molar-refractivity contribution in [1.29, 1.82) is 0 Å². The van der Waals surface area contributed by atoms with E-state index in [-0.39, 0.29) is 0 Å². The van der Waals surface area contributed by atoms with Crippen LogP contribution in [0.1, 0.15) is 0 Å². The molecule has 0 spiro atoms. The Balaban J connectivity index is 1.29. The second-order valence-corrected chi connectivity index (χ2v) is 11.9. The van der Waals surface area contributed by atoms with E-state index in [0.717, 1.165) is 44.5 Å². The smallest absolute Gasteiger partial charge is 0.160 e. The van der Waals surface area contributed by atoms with Gasteiger partial charge in [-0.1, -0.05) is 127 Å². The topological polar surface area (TPSA) is 30.7 Å². The Labute approximate surface area is 273 Å². The van der Waals surface area contributed by atoms with Crippen molar-refractivity contribution >= 4 is 32.7 Å². The normalized spacial score (nSPS) is 11.4. The third kappa shape index (κ3) is 4.77. The highest BCUT2D eigenvalue weighted by molar-refractivity contribution is 6.11. The van der Waals surface area contributed by atoms with Crippen molar-refractivity contribution in [2.75, 3.05) is 0 Å². The molecule has 0 saturated heterocycles. The summed E-state index contributed by atoms with van der Waals surface area (Å²) < 4.78 is 2.35. The fourth-order valence-corrected chi connectivity index (χ4v) is 6.73. The molecule has 7 aromatic carbocycles. The van der Waals surface area contributed by atoms with Crippen LogP contribution in [0.3, 0.4) is 0 Å². The van der Waals surface area contributed by atoms with Gasteiger partial charge in [-0.3, -0.25) is 0 Å². The lowest BCUT2D eigenvalue weighted by Gasteiger charge is -2.13. The molecule has 0 saturated carbocycles. The minimum atomic E-state index is 0.713. The van der Waals surface area contributed by atoms with Crippen LogP contribution in [-0.2, 0) is 0 Å². The summed E-state index contributed by atoms with van der Waals surface area (Å²) in [5.41, 5.74) is 12.0. The molecule has 3 nitrogen and oxygen atoms in total. The SMILES string of the molecule is c1ccc(-c2cccc(-c3nc(-c4ccc5c(c4)c4ccccc4n5-c4ccccc4)c4cc(-c5ccccc5)ccc4n3)c2)cc1. The highest BCUT2D eigenvalue weighted by Gasteiger charge is 2.17. The first-order chi connectivity index (χ1) is 23.3. The lowest BCUT2D eigenvalue weighted by Crippen LogP contribution is -1.96. The van der Waals surface area contributed by atoms with Gasteiger partial charge in [-0.15, -0.1) is 0 Å². The number of hydrogen-bond donors (Lipinski definition) is 0. The lowest BCUT2D eigenvalue weighted by atomic mass is 9.98. The van der Waals surface area contributed by atoms with E-state index >= 15 is 0 Å². The molecular formula is C44H29N3. The second-order valence-electron chi connectivity index (χ2n) is 11.9. The van der Waals surface area contributed by atoms with Gasteiger partial charge in [0.1, 0.15) is 0 Å². The zero-order valence-corrected chi connectivity index (χ0v) is 25.6. The van der Waals surface area contributed by atoms with Crippen LogP contribution >= 0.6 is 0 Å². The zero-order valence-electron chi connectivity index (χ0n) is 25.6. The summed E-state index contributed by atoms with van der Waals surface area (Å²) in [6, 6.07) is 62.0. The minimum Gasteiger partial charge on any atom is -0.309 e. The number of rotatable bonds is 5. The number of hydrogen-bond acceptors (Lipinski definition) is 2. The maximum absolute atomic E-state index is 5.34. The molecule has 0 aliphatic carbocycles. The van der Waals surface area contributed by atoms with Crippen LogP contribution in [0.5, 0.6) is 0 Å². The maximum Gasteiger partial charge on any atom is 0.160 e. The molecule has 2 aromatic heterocycles. The van der Waals surface area contributed by atoms with E-state index in [9.17, 15) is 0 Å². The maximum atomic E-state index is 5.34. The molecule has 0 aliphatic heterocycles. The zero-order chi connectivity index (χ0) is 31.2. The summed E-state index contributed by atoms with van der Waals surface area (Å²) in [7, 11) is 0. The van der Waals surface area contributed by atoms with Crippen molar-refractivity contribution in [3.05, 3.63) is 176 Å². The minimum absolute atomic E-state index is 0.713. The highest BCUT2D eigenvalue weighted by Crippen LogP contribution is 2.38. The number of para-hydroxylation sites is 2. The first-order valence-corrected chi connectivity index (χ1v) is 15.9. The molecule has 9 aromatic rings. The molecule has 0 unspecified atom stereocenters. The fourth-order valence-electron chi connectivity index (χ4n) is 6.73. The number of benzene rings is 7.